The van der Waals surface area contributed by atoms with Crippen LogP contribution in [0, 0.1) is 0 Å². The molecule has 0 atom stereocenters. The van der Waals surface area contributed by atoms with E-state index in [1.807, 2.05) is 24.7 Å². The molecule has 1 heterocycles. The van der Waals surface area contributed by atoms with E-state index >= 15 is 0 Å². The summed E-state index contributed by atoms with van der Waals surface area (Å²) in [5, 5.41) is 10.7. The topological polar surface area (TPSA) is 63.5 Å². The minimum atomic E-state index is 0.665. The summed E-state index contributed by atoms with van der Waals surface area (Å²) in [7, 11) is 3.70. The van der Waals surface area contributed by atoms with Crippen LogP contribution in [-0.2, 0) is 31.5 Å². The van der Waals surface area contributed by atoms with Crippen molar-refractivity contribution in [2.24, 2.45) is 12.0 Å². The number of benzene rings is 1. The van der Waals surface area contributed by atoms with Crippen LogP contribution in [0.15, 0.2) is 41.5 Å². The zero-order valence-electron chi connectivity index (χ0n) is 14.0. The summed E-state index contributed by atoms with van der Waals surface area (Å²) in [6, 6.07) is 10.4. The Bertz CT molecular complexity index is 618. The molecule has 0 fully saturated rings. The summed E-state index contributed by atoms with van der Waals surface area (Å²) in [6.07, 6.45) is 1.79. The lowest BCUT2D eigenvalue weighted by Gasteiger charge is -2.12. The quantitative estimate of drug-likeness (QED) is 0.604. The number of aryl methyl sites for hydroxylation is 1. The highest BCUT2D eigenvalue weighted by Crippen LogP contribution is 2.05. The average Bonchev–Trinajstić information content (AvgIpc) is 2.99. The molecule has 124 valence electrons. The SMILES string of the molecule is CCOCc1ccc(CNC(=NC)NCc2ccnn2C)cc1. The number of rotatable bonds is 7. The molecule has 6 nitrogen and oxygen atoms in total. The zero-order chi connectivity index (χ0) is 16.5. The lowest BCUT2D eigenvalue weighted by atomic mass is 10.1. The number of hydrogen-bond acceptors (Lipinski definition) is 3. The maximum atomic E-state index is 5.40. The van der Waals surface area contributed by atoms with Gasteiger partial charge in [-0.3, -0.25) is 9.67 Å². The Morgan fingerprint density at radius 2 is 1.83 bits per heavy atom. The molecule has 0 unspecified atom stereocenters. The molecule has 0 aliphatic rings. The van der Waals surface area contributed by atoms with Gasteiger partial charge >= 0.3 is 0 Å². The molecule has 0 saturated heterocycles. The van der Waals surface area contributed by atoms with Crippen LogP contribution in [0.1, 0.15) is 23.7 Å². The van der Waals surface area contributed by atoms with Gasteiger partial charge in [-0.15, -0.1) is 0 Å². The molecule has 0 aliphatic carbocycles. The van der Waals surface area contributed by atoms with E-state index in [1.54, 1.807) is 13.2 Å². The van der Waals surface area contributed by atoms with Crippen LogP contribution in [0.5, 0.6) is 0 Å². The van der Waals surface area contributed by atoms with Gasteiger partial charge in [-0.25, -0.2) is 0 Å². The molecule has 6 heteroatoms. The lowest BCUT2D eigenvalue weighted by molar-refractivity contribution is 0.134. The molecule has 1 aromatic heterocycles. The van der Waals surface area contributed by atoms with Crippen LogP contribution in [0.2, 0.25) is 0 Å². The van der Waals surface area contributed by atoms with Crippen molar-refractivity contribution >= 4 is 5.96 Å². The molecule has 23 heavy (non-hydrogen) atoms. The third-order valence-corrected chi connectivity index (χ3v) is 3.54. The molecular weight excluding hydrogens is 290 g/mol. The van der Waals surface area contributed by atoms with E-state index in [0.717, 1.165) is 24.8 Å². The smallest absolute Gasteiger partial charge is 0.191 e. The van der Waals surface area contributed by atoms with Gasteiger partial charge < -0.3 is 15.4 Å². The van der Waals surface area contributed by atoms with Gasteiger partial charge in [0.2, 0.25) is 0 Å². The molecule has 2 aromatic rings. The van der Waals surface area contributed by atoms with Crippen LogP contribution >= 0.6 is 0 Å². The minimum Gasteiger partial charge on any atom is -0.377 e. The number of hydrogen-bond donors (Lipinski definition) is 2. The standard InChI is InChI=1S/C17H25N5O/c1-4-23-13-15-7-5-14(6-8-15)11-19-17(18-2)20-12-16-9-10-21-22(16)3/h5-10H,4,11-13H2,1-3H3,(H2,18,19,20). The van der Waals surface area contributed by atoms with Crippen LogP contribution in [-0.4, -0.2) is 29.4 Å². The largest absolute Gasteiger partial charge is 0.377 e. The minimum absolute atomic E-state index is 0.665. The molecule has 0 amide bonds. The first-order valence-corrected chi connectivity index (χ1v) is 7.80. The number of aromatic nitrogens is 2. The predicted molar refractivity (Wildman–Crippen MR) is 92.0 cm³/mol. The van der Waals surface area contributed by atoms with Gasteiger partial charge in [0.25, 0.3) is 0 Å². The Labute approximate surface area is 137 Å². The zero-order valence-corrected chi connectivity index (χ0v) is 14.0. The van der Waals surface area contributed by atoms with Gasteiger partial charge in [-0.2, -0.15) is 5.10 Å². The maximum Gasteiger partial charge on any atom is 0.191 e. The Balaban J connectivity index is 1.80. The van der Waals surface area contributed by atoms with Crippen molar-refractivity contribution in [1.82, 2.24) is 20.4 Å². The highest BCUT2D eigenvalue weighted by Gasteiger charge is 2.02. The molecule has 0 bridgehead atoms. The normalized spacial score (nSPS) is 11.5. The average molecular weight is 315 g/mol. The highest BCUT2D eigenvalue weighted by molar-refractivity contribution is 5.79. The van der Waals surface area contributed by atoms with Crippen molar-refractivity contribution in [3.63, 3.8) is 0 Å². The van der Waals surface area contributed by atoms with Crippen LogP contribution in [0.25, 0.3) is 0 Å². The van der Waals surface area contributed by atoms with Gasteiger partial charge in [0.15, 0.2) is 5.96 Å². The van der Waals surface area contributed by atoms with Gasteiger partial charge in [-0.1, -0.05) is 24.3 Å². The molecular formula is C17H25N5O. The fourth-order valence-corrected chi connectivity index (χ4v) is 2.13. The van der Waals surface area contributed by atoms with Crippen LogP contribution in [0.3, 0.4) is 0 Å². The van der Waals surface area contributed by atoms with E-state index < -0.39 is 0 Å². The second kappa shape index (κ2) is 8.95. The number of aliphatic imine (C=N–C) groups is 1. The monoisotopic (exact) mass is 315 g/mol. The first-order chi connectivity index (χ1) is 11.2. The lowest BCUT2D eigenvalue weighted by Crippen LogP contribution is -2.36. The van der Waals surface area contributed by atoms with E-state index in [4.69, 9.17) is 4.74 Å². The molecule has 0 radical (unpaired) electrons. The van der Waals surface area contributed by atoms with Gasteiger partial charge in [-0.05, 0) is 24.1 Å². The third kappa shape index (κ3) is 5.41. The Morgan fingerprint density at radius 1 is 1.13 bits per heavy atom. The van der Waals surface area contributed by atoms with E-state index in [9.17, 15) is 0 Å². The highest BCUT2D eigenvalue weighted by atomic mass is 16.5. The third-order valence-electron chi connectivity index (χ3n) is 3.54. The molecule has 0 spiro atoms. The Morgan fingerprint density at radius 3 is 2.43 bits per heavy atom. The van der Waals surface area contributed by atoms with Crippen molar-refractivity contribution in [1.29, 1.82) is 0 Å². The second-order valence-electron chi connectivity index (χ2n) is 5.18. The van der Waals surface area contributed by atoms with Crippen molar-refractivity contribution in [2.45, 2.75) is 26.6 Å². The summed E-state index contributed by atoms with van der Waals surface area (Å²) in [5.74, 6) is 0.768. The van der Waals surface area contributed by atoms with Crippen LogP contribution < -0.4 is 10.6 Å². The Kier molecular flexibility index (Phi) is 6.62. The van der Waals surface area contributed by atoms with Crippen LogP contribution in [0.4, 0.5) is 0 Å². The van der Waals surface area contributed by atoms with E-state index in [-0.39, 0.29) is 0 Å². The van der Waals surface area contributed by atoms with E-state index in [0.29, 0.717) is 13.2 Å². The van der Waals surface area contributed by atoms with Crippen molar-refractivity contribution in [3.8, 4) is 0 Å². The Hall–Kier alpha value is -2.34. The fraction of sp³-hybridized carbons (Fsp3) is 0.412. The number of guanidine groups is 1. The summed E-state index contributed by atoms with van der Waals surface area (Å²) < 4.78 is 7.24. The summed E-state index contributed by atoms with van der Waals surface area (Å²) in [6.45, 7) is 4.81. The molecule has 2 rings (SSSR count). The van der Waals surface area contributed by atoms with Gasteiger partial charge in [0.1, 0.15) is 0 Å². The van der Waals surface area contributed by atoms with Crippen molar-refractivity contribution < 1.29 is 4.74 Å². The summed E-state index contributed by atoms with van der Waals surface area (Å²) in [4.78, 5) is 4.24. The van der Waals surface area contributed by atoms with Crippen molar-refractivity contribution in [3.05, 3.63) is 53.3 Å². The number of nitrogens with one attached hydrogen (secondary N) is 2. The number of ether oxygens (including phenoxy) is 1. The van der Waals surface area contributed by atoms with Crippen molar-refractivity contribution in [2.75, 3.05) is 13.7 Å². The maximum absolute atomic E-state index is 5.40. The fourth-order valence-electron chi connectivity index (χ4n) is 2.13. The second-order valence-corrected chi connectivity index (χ2v) is 5.18. The van der Waals surface area contributed by atoms with Gasteiger partial charge in [0.05, 0.1) is 18.8 Å². The molecule has 1 aromatic carbocycles. The van der Waals surface area contributed by atoms with E-state index in [1.165, 1.54) is 11.1 Å². The molecule has 0 aliphatic heterocycles. The first-order valence-electron chi connectivity index (χ1n) is 7.80. The van der Waals surface area contributed by atoms with Gasteiger partial charge in [0, 0.05) is 33.4 Å². The number of nitrogens with zero attached hydrogens (tertiary/aromatic N) is 3. The summed E-state index contributed by atoms with van der Waals surface area (Å²) in [5.41, 5.74) is 3.50. The van der Waals surface area contributed by atoms with E-state index in [2.05, 4.69) is 45.0 Å². The predicted octanol–water partition coefficient (Wildman–Crippen LogP) is 1.82. The first kappa shape index (κ1) is 17.0. The molecule has 2 N–H and O–H groups in total. The molecule has 0 saturated carbocycles. The summed E-state index contributed by atoms with van der Waals surface area (Å²) >= 11 is 0.